The molecule has 0 saturated carbocycles. The zero-order valence-electron chi connectivity index (χ0n) is 18.2. The van der Waals surface area contributed by atoms with Gasteiger partial charge < -0.3 is 24.7 Å². The molecule has 0 aromatic carbocycles. The first kappa shape index (κ1) is 23.1. The van der Waals surface area contributed by atoms with Crippen LogP contribution in [0.4, 0.5) is 0 Å². The molecule has 1 saturated heterocycles. The third kappa shape index (κ3) is 6.68. The normalized spacial score (nSPS) is 20.7. The van der Waals surface area contributed by atoms with Crippen LogP contribution in [0.15, 0.2) is 16.7 Å². The van der Waals surface area contributed by atoms with E-state index in [1.807, 2.05) is 39.8 Å². The lowest BCUT2D eigenvalue weighted by Gasteiger charge is -2.28. The average molecular weight is 408 g/mol. The highest BCUT2D eigenvalue weighted by atomic mass is 16.5. The third-order valence-corrected chi connectivity index (χ3v) is 4.86. The standard InChI is InChI=1S/C21H33N3O5/c1-13-14(8-10-28-13)19(26)22-15(11-21(2,3)4)20(27)23-18-16(25)12-29-17(18)7-9-24(5)6/h8,10,15,17-18H,7,9,11-12H2,1-6H3,(H,22,26)(H,23,27)/t15-,17?,18?/m0/s1. The van der Waals surface area contributed by atoms with Crippen LogP contribution in [0.3, 0.4) is 0 Å². The average Bonchev–Trinajstić information content (AvgIpc) is 3.17. The van der Waals surface area contributed by atoms with Gasteiger partial charge in [-0.15, -0.1) is 0 Å². The predicted molar refractivity (Wildman–Crippen MR) is 109 cm³/mol. The minimum absolute atomic E-state index is 0.00640. The van der Waals surface area contributed by atoms with E-state index >= 15 is 0 Å². The molecular weight excluding hydrogens is 374 g/mol. The van der Waals surface area contributed by atoms with Gasteiger partial charge in [0, 0.05) is 6.54 Å². The number of ether oxygens (including phenoxy) is 1. The number of ketones is 1. The summed E-state index contributed by atoms with van der Waals surface area (Å²) in [5.41, 5.74) is 0.183. The van der Waals surface area contributed by atoms with Gasteiger partial charge in [0.15, 0.2) is 5.78 Å². The van der Waals surface area contributed by atoms with E-state index in [9.17, 15) is 14.4 Å². The van der Waals surface area contributed by atoms with Crippen molar-refractivity contribution < 1.29 is 23.5 Å². The molecule has 1 aromatic rings. The smallest absolute Gasteiger partial charge is 0.255 e. The van der Waals surface area contributed by atoms with Crippen molar-refractivity contribution in [3.63, 3.8) is 0 Å². The quantitative estimate of drug-likeness (QED) is 0.678. The van der Waals surface area contributed by atoms with Gasteiger partial charge in [0.2, 0.25) is 5.91 Å². The van der Waals surface area contributed by atoms with Crippen LogP contribution in [0, 0.1) is 12.3 Å². The summed E-state index contributed by atoms with van der Waals surface area (Å²) in [5, 5.41) is 5.62. The second-order valence-electron chi connectivity index (χ2n) is 9.08. The van der Waals surface area contributed by atoms with E-state index in [2.05, 4.69) is 10.6 Å². The first-order chi connectivity index (χ1) is 13.5. The van der Waals surface area contributed by atoms with Gasteiger partial charge in [0.25, 0.3) is 5.91 Å². The highest BCUT2D eigenvalue weighted by molar-refractivity contribution is 5.99. The van der Waals surface area contributed by atoms with Gasteiger partial charge in [-0.3, -0.25) is 14.4 Å². The molecule has 2 N–H and O–H groups in total. The van der Waals surface area contributed by atoms with Crippen molar-refractivity contribution >= 4 is 17.6 Å². The van der Waals surface area contributed by atoms with Gasteiger partial charge in [-0.05, 0) is 45.3 Å². The van der Waals surface area contributed by atoms with Crippen molar-refractivity contribution in [3.8, 4) is 0 Å². The number of Topliss-reactive ketones (excluding diaryl/α,β-unsaturated/α-hetero) is 1. The number of rotatable bonds is 8. The van der Waals surface area contributed by atoms with Gasteiger partial charge >= 0.3 is 0 Å². The molecule has 0 radical (unpaired) electrons. The molecule has 0 spiro atoms. The molecule has 2 amide bonds. The van der Waals surface area contributed by atoms with Crippen LogP contribution in [0.1, 0.15) is 49.7 Å². The Morgan fingerprint density at radius 3 is 2.55 bits per heavy atom. The van der Waals surface area contributed by atoms with Crippen LogP contribution < -0.4 is 10.6 Å². The number of aryl methyl sites for hydroxylation is 1. The summed E-state index contributed by atoms with van der Waals surface area (Å²) in [7, 11) is 3.88. The van der Waals surface area contributed by atoms with Crippen LogP contribution in [-0.2, 0) is 14.3 Å². The summed E-state index contributed by atoms with van der Waals surface area (Å²) in [6.07, 6.45) is 2.13. The van der Waals surface area contributed by atoms with Gasteiger partial charge in [0.1, 0.15) is 24.5 Å². The molecule has 29 heavy (non-hydrogen) atoms. The van der Waals surface area contributed by atoms with Crippen LogP contribution in [0.5, 0.6) is 0 Å². The third-order valence-electron chi connectivity index (χ3n) is 4.86. The zero-order chi connectivity index (χ0) is 21.8. The number of amides is 2. The van der Waals surface area contributed by atoms with E-state index in [4.69, 9.17) is 9.15 Å². The molecular formula is C21H33N3O5. The Hall–Kier alpha value is -2.19. The molecule has 8 nitrogen and oxygen atoms in total. The molecule has 1 fully saturated rings. The summed E-state index contributed by atoms with van der Waals surface area (Å²) < 4.78 is 10.8. The number of nitrogens with zero attached hydrogens (tertiary/aromatic N) is 1. The van der Waals surface area contributed by atoms with E-state index in [1.165, 1.54) is 6.26 Å². The molecule has 2 heterocycles. The lowest BCUT2D eigenvalue weighted by atomic mass is 9.87. The van der Waals surface area contributed by atoms with Crippen molar-refractivity contribution in [2.24, 2.45) is 5.41 Å². The Balaban J connectivity index is 2.10. The van der Waals surface area contributed by atoms with Gasteiger partial charge in [0.05, 0.1) is 17.9 Å². The van der Waals surface area contributed by atoms with Crippen molar-refractivity contribution in [1.82, 2.24) is 15.5 Å². The fourth-order valence-corrected chi connectivity index (χ4v) is 3.32. The summed E-state index contributed by atoms with van der Waals surface area (Å²) in [4.78, 5) is 39.9. The van der Waals surface area contributed by atoms with E-state index in [1.54, 1.807) is 13.0 Å². The van der Waals surface area contributed by atoms with Crippen LogP contribution >= 0.6 is 0 Å². The molecule has 0 aliphatic carbocycles. The van der Waals surface area contributed by atoms with E-state index < -0.39 is 12.1 Å². The minimum atomic E-state index is -0.778. The Labute approximate surface area is 172 Å². The van der Waals surface area contributed by atoms with Crippen molar-refractivity contribution in [2.45, 2.75) is 58.7 Å². The van der Waals surface area contributed by atoms with Crippen LogP contribution in [0.25, 0.3) is 0 Å². The molecule has 2 unspecified atom stereocenters. The molecule has 1 aromatic heterocycles. The minimum Gasteiger partial charge on any atom is -0.469 e. The second kappa shape index (κ2) is 9.54. The maximum atomic E-state index is 13.0. The Morgan fingerprint density at radius 2 is 2.00 bits per heavy atom. The topological polar surface area (TPSA) is 101 Å². The molecule has 1 aliphatic heterocycles. The van der Waals surface area contributed by atoms with Gasteiger partial charge in [-0.2, -0.15) is 0 Å². The maximum absolute atomic E-state index is 13.0. The van der Waals surface area contributed by atoms with Gasteiger partial charge in [-0.25, -0.2) is 0 Å². The predicted octanol–water partition coefficient (Wildman–Crippen LogP) is 1.53. The summed E-state index contributed by atoms with van der Waals surface area (Å²) in [6, 6.07) is 0.0969. The first-order valence-electron chi connectivity index (χ1n) is 9.92. The van der Waals surface area contributed by atoms with Gasteiger partial charge in [-0.1, -0.05) is 20.8 Å². The Bertz CT molecular complexity index is 735. The molecule has 0 bridgehead atoms. The van der Waals surface area contributed by atoms with E-state index in [-0.39, 0.29) is 35.7 Å². The van der Waals surface area contributed by atoms with Crippen molar-refractivity contribution in [1.29, 1.82) is 0 Å². The Morgan fingerprint density at radius 1 is 1.31 bits per heavy atom. The highest BCUT2D eigenvalue weighted by Gasteiger charge is 2.38. The fraction of sp³-hybridized carbons (Fsp3) is 0.667. The monoisotopic (exact) mass is 407 g/mol. The highest BCUT2D eigenvalue weighted by Crippen LogP contribution is 2.22. The second-order valence-corrected chi connectivity index (χ2v) is 9.08. The molecule has 162 valence electrons. The molecule has 8 heteroatoms. The number of carbonyl (C=O) groups is 3. The lowest BCUT2D eigenvalue weighted by molar-refractivity contribution is -0.128. The van der Waals surface area contributed by atoms with Crippen molar-refractivity contribution in [3.05, 3.63) is 23.7 Å². The first-order valence-corrected chi connectivity index (χ1v) is 9.92. The number of furan rings is 1. The summed E-state index contributed by atoms with van der Waals surface area (Å²) in [6.45, 7) is 8.40. The molecule has 1 aliphatic rings. The fourth-order valence-electron chi connectivity index (χ4n) is 3.32. The zero-order valence-corrected chi connectivity index (χ0v) is 18.2. The summed E-state index contributed by atoms with van der Waals surface area (Å²) in [5.74, 6) is -0.416. The van der Waals surface area contributed by atoms with Crippen LogP contribution in [0.2, 0.25) is 0 Å². The Kier molecular flexibility index (Phi) is 7.60. The summed E-state index contributed by atoms with van der Waals surface area (Å²) >= 11 is 0. The maximum Gasteiger partial charge on any atom is 0.255 e. The number of hydrogen-bond donors (Lipinski definition) is 2. The molecule has 3 atom stereocenters. The number of nitrogens with one attached hydrogen (secondary N) is 2. The number of carbonyl (C=O) groups excluding carboxylic acids is 3. The number of hydrogen-bond acceptors (Lipinski definition) is 6. The van der Waals surface area contributed by atoms with E-state index in [0.29, 0.717) is 24.2 Å². The molecule has 2 rings (SSSR count). The SMILES string of the molecule is Cc1occc1C(=O)N[C@@H](CC(C)(C)C)C(=O)NC1C(=O)COC1CCN(C)C. The van der Waals surface area contributed by atoms with Crippen molar-refractivity contribution in [2.75, 3.05) is 27.2 Å². The largest absolute Gasteiger partial charge is 0.469 e. The lowest BCUT2D eigenvalue weighted by Crippen LogP contribution is -2.54. The van der Waals surface area contributed by atoms with Crippen LogP contribution in [-0.4, -0.2) is 67.9 Å². The van der Waals surface area contributed by atoms with E-state index in [0.717, 1.165) is 6.54 Å².